The first kappa shape index (κ1) is 15.0. The van der Waals surface area contributed by atoms with Gasteiger partial charge in [-0.1, -0.05) is 46.5 Å². The zero-order valence-electron chi connectivity index (χ0n) is 12.0. The van der Waals surface area contributed by atoms with Gasteiger partial charge >= 0.3 is 0 Å². The molecule has 0 amide bonds. The van der Waals surface area contributed by atoms with Gasteiger partial charge < -0.3 is 10.1 Å². The maximum atomic E-state index is 5.54. The zero-order valence-corrected chi connectivity index (χ0v) is 12.0. The van der Waals surface area contributed by atoms with Gasteiger partial charge in [0.25, 0.3) is 0 Å². The number of nitrogens with one attached hydrogen (secondary N) is 1. The van der Waals surface area contributed by atoms with Crippen molar-refractivity contribution in [3.8, 4) is 0 Å². The second-order valence-electron chi connectivity index (χ2n) is 5.44. The van der Waals surface area contributed by atoms with E-state index in [2.05, 4.69) is 26.1 Å². The smallest absolute Gasteiger partial charge is 0.0510 e. The first-order valence-corrected chi connectivity index (χ1v) is 7.62. The molecule has 2 nitrogen and oxygen atoms in total. The zero-order chi connectivity index (χ0) is 12.5. The van der Waals surface area contributed by atoms with Crippen LogP contribution in [0.4, 0.5) is 0 Å². The Balaban J connectivity index is 2.39. The lowest BCUT2D eigenvalue weighted by Gasteiger charge is -2.27. The van der Waals surface area contributed by atoms with E-state index in [-0.39, 0.29) is 0 Å². The molecule has 3 atom stereocenters. The Morgan fingerprint density at radius 1 is 1.29 bits per heavy atom. The van der Waals surface area contributed by atoms with Crippen LogP contribution in [0.25, 0.3) is 0 Å². The maximum absolute atomic E-state index is 5.54. The summed E-state index contributed by atoms with van der Waals surface area (Å²) in [6, 6.07) is 0.685. The molecular weight excluding hydrogens is 210 g/mol. The van der Waals surface area contributed by atoms with Crippen molar-refractivity contribution in [2.24, 2.45) is 11.8 Å². The second kappa shape index (κ2) is 8.93. The topological polar surface area (TPSA) is 21.3 Å². The van der Waals surface area contributed by atoms with Gasteiger partial charge in [0.1, 0.15) is 0 Å². The maximum Gasteiger partial charge on any atom is 0.0510 e. The van der Waals surface area contributed by atoms with E-state index in [1.165, 1.54) is 38.5 Å². The Labute approximate surface area is 108 Å². The lowest BCUT2D eigenvalue weighted by atomic mass is 9.86. The fraction of sp³-hybridized carbons (Fsp3) is 1.00. The van der Waals surface area contributed by atoms with Crippen LogP contribution >= 0.6 is 0 Å². The van der Waals surface area contributed by atoms with Gasteiger partial charge in [-0.05, 0) is 31.2 Å². The van der Waals surface area contributed by atoms with Crippen molar-refractivity contribution in [3.63, 3.8) is 0 Å². The standard InChI is InChI=1S/C15H31NO/c1-4-7-8-13(5-2)11-15(16-6-3)14-9-10-17-12-14/h13-16H,4-12H2,1-3H3. The third kappa shape index (κ3) is 5.39. The molecule has 0 aromatic heterocycles. The van der Waals surface area contributed by atoms with Crippen LogP contribution in [0.15, 0.2) is 0 Å². The molecule has 1 N–H and O–H groups in total. The highest BCUT2D eigenvalue weighted by molar-refractivity contribution is 4.81. The molecule has 1 rings (SSSR count). The quantitative estimate of drug-likeness (QED) is 0.666. The number of hydrogen-bond acceptors (Lipinski definition) is 2. The molecule has 3 unspecified atom stereocenters. The van der Waals surface area contributed by atoms with E-state index in [9.17, 15) is 0 Å². The average molecular weight is 241 g/mol. The highest BCUT2D eigenvalue weighted by Gasteiger charge is 2.26. The summed E-state index contributed by atoms with van der Waals surface area (Å²) < 4.78 is 5.54. The molecule has 17 heavy (non-hydrogen) atoms. The molecule has 0 aliphatic carbocycles. The summed E-state index contributed by atoms with van der Waals surface area (Å²) in [6.07, 6.45) is 8.05. The molecule has 0 radical (unpaired) electrons. The molecule has 2 heteroatoms. The van der Waals surface area contributed by atoms with E-state index in [1.807, 2.05) is 0 Å². The van der Waals surface area contributed by atoms with Crippen LogP contribution in [-0.4, -0.2) is 25.8 Å². The Morgan fingerprint density at radius 3 is 2.65 bits per heavy atom. The van der Waals surface area contributed by atoms with Gasteiger partial charge in [-0.15, -0.1) is 0 Å². The number of hydrogen-bond donors (Lipinski definition) is 1. The van der Waals surface area contributed by atoms with Crippen LogP contribution in [-0.2, 0) is 4.74 Å². The Morgan fingerprint density at radius 2 is 2.12 bits per heavy atom. The first-order valence-electron chi connectivity index (χ1n) is 7.62. The minimum absolute atomic E-state index is 0.685. The molecule has 1 aliphatic heterocycles. The fourth-order valence-corrected chi connectivity index (χ4v) is 2.92. The Hall–Kier alpha value is -0.0800. The largest absolute Gasteiger partial charge is 0.381 e. The van der Waals surface area contributed by atoms with Crippen LogP contribution in [0.1, 0.15) is 59.3 Å². The summed E-state index contributed by atoms with van der Waals surface area (Å²) in [5, 5.41) is 3.69. The van der Waals surface area contributed by atoms with Crippen LogP contribution in [0.5, 0.6) is 0 Å². The molecule has 0 spiro atoms. The molecule has 0 aromatic carbocycles. The van der Waals surface area contributed by atoms with Gasteiger partial charge in [0.15, 0.2) is 0 Å². The summed E-state index contributed by atoms with van der Waals surface area (Å²) in [4.78, 5) is 0. The van der Waals surface area contributed by atoms with Crippen molar-refractivity contribution < 1.29 is 4.74 Å². The third-order valence-electron chi connectivity index (χ3n) is 4.13. The summed E-state index contributed by atoms with van der Waals surface area (Å²) in [7, 11) is 0. The molecule has 1 fully saturated rings. The van der Waals surface area contributed by atoms with Gasteiger partial charge in [-0.25, -0.2) is 0 Å². The number of unbranched alkanes of at least 4 members (excludes halogenated alkanes) is 1. The molecule has 1 saturated heterocycles. The molecule has 0 aromatic rings. The van der Waals surface area contributed by atoms with Crippen LogP contribution in [0, 0.1) is 11.8 Å². The van der Waals surface area contributed by atoms with Crippen molar-refractivity contribution in [2.75, 3.05) is 19.8 Å². The number of rotatable bonds is 9. The second-order valence-corrected chi connectivity index (χ2v) is 5.44. The Kier molecular flexibility index (Phi) is 7.87. The SMILES string of the molecule is CCCCC(CC)CC(NCC)C1CCOC1. The van der Waals surface area contributed by atoms with Gasteiger partial charge in [0.05, 0.1) is 6.61 Å². The lowest BCUT2D eigenvalue weighted by Crippen LogP contribution is -2.38. The van der Waals surface area contributed by atoms with Crippen molar-refractivity contribution in [1.82, 2.24) is 5.32 Å². The molecular formula is C15H31NO. The summed E-state index contributed by atoms with van der Waals surface area (Å²) in [5.74, 6) is 1.66. The molecule has 1 aliphatic rings. The summed E-state index contributed by atoms with van der Waals surface area (Å²) in [5.41, 5.74) is 0. The van der Waals surface area contributed by atoms with Gasteiger partial charge in [-0.2, -0.15) is 0 Å². The lowest BCUT2D eigenvalue weighted by molar-refractivity contribution is 0.170. The van der Waals surface area contributed by atoms with E-state index in [0.29, 0.717) is 6.04 Å². The highest BCUT2D eigenvalue weighted by Crippen LogP contribution is 2.25. The molecule has 102 valence electrons. The minimum atomic E-state index is 0.685. The molecule has 0 bridgehead atoms. The number of ether oxygens (including phenoxy) is 1. The van der Waals surface area contributed by atoms with Crippen molar-refractivity contribution in [2.45, 2.75) is 65.3 Å². The van der Waals surface area contributed by atoms with Crippen LogP contribution < -0.4 is 5.32 Å². The average Bonchev–Trinajstić information content (AvgIpc) is 2.87. The van der Waals surface area contributed by atoms with Gasteiger partial charge in [-0.3, -0.25) is 0 Å². The highest BCUT2D eigenvalue weighted by atomic mass is 16.5. The van der Waals surface area contributed by atoms with Crippen molar-refractivity contribution in [3.05, 3.63) is 0 Å². The van der Waals surface area contributed by atoms with Gasteiger partial charge in [0, 0.05) is 12.6 Å². The van der Waals surface area contributed by atoms with Gasteiger partial charge in [0.2, 0.25) is 0 Å². The third-order valence-corrected chi connectivity index (χ3v) is 4.13. The predicted molar refractivity (Wildman–Crippen MR) is 74.3 cm³/mol. The van der Waals surface area contributed by atoms with E-state index in [0.717, 1.165) is 31.6 Å². The first-order chi connectivity index (χ1) is 8.31. The van der Waals surface area contributed by atoms with Crippen molar-refractivity contribution in [1.29, 1.82) is 0 Å². The van der Waals surface area contributed by atoms with E-state index < -0.39 is 0 Å². The van der Waals surface area contributed by atoms with E-state index in [4.69, 9.17) is 4.74 Å². The predicted octanol–water partition coefficient (Wildman–Crippen LogP) is 3.61. The van der Waals surface area contributed by atoms with Crippen LogP contribution in [0.2, 0.25) is 0 Å². The fourth-order valence-electron chi connectivity index (χ4n) is 2.92. The van der Waals surface area contributed by atoms with Crippen molar-refractivity contribution >= 4 is 0 Å². The minimum Gasteiger partial charge on any atom is -0.381 e. The van der Waals surface area contributed by atoms with E-state index >= 15 is 0 Å². The normalized spacial score (nSPS) is 23.8. The van der Waals surface area contributed by atoms with E-state index in [1.54, 1.807) is 0 Å². The Bertz CT molecular complexity index is 178. The molecule has 0 saturated carbocycles. The monoisotopic (exact) mass is 241 g/mol. The summed E-state index contributed by atoms with van der Waals surface area (Å²) >= 11 is 0. The van der Waals surface area contributed by atoms with Crippen LogP contribution in [0.3, 0.4) is 0 Å². The summed E-state index contributed by atoms with van der Waals surface area (Å²) in [6.45, 7) is 9.88. The molecule has 1 heterocycles.